The number of benzene rings is 2. The molecule has 0 aliphatic rings. The lowest BCUT2D eigenvalue weighted by Crippen LogP contribution is -2.28. The van der Waals surface area contributed by atoms with Gasteiger partial charge in [-0.15, -0.1) is 0 Å². The normalized spacial score (nSPS) is 11.4. The zero-order valence-corrected chi connectivity index (χ0v) is 17.0. The maximum Gasteiger partial charge on any atom is 0.239 e. The largest absolute Gasteiger partial charge is 0.309 e. The third-order valence-corrected chi connectivity index (χ3v) is 4.55. The number of aromatic nitrogens is 2. The van der Waals surface area contributed by atoms with Gasteiger partial charge < -0.3 is 10.6 Å². The first-order valence-electron chi connectivity index (χ1n) is 9.55. The summed E-state index contributed by atoms with van der Waals surface area (Å²) in [5.74, 6) is 0.594. The first-order chi connectivity index (χ1) is 13.3. The number of rotatable bonds is 6. The van der Waals surface area contributed by atoms with Crippen LogP contribution in [0.25, 0.3) is 5.69 Å². The number of hydrogen-bond acceptors (Lipinski definition) is 3. The molecule has 0 aliphatic carbocycles. The predicted octanol–water partition coefficient (Wildman–Crippen LogP) is 4.21. The smallest absolute Gasteiger partial charge is 0.239 e. The summed E-state index contributed by atoms with van der Waals surface area (Å²) < 4.78 is 1.82. The van der Waals surface area contributed by atoms with Crippen molar-refractivity contribution in [3.05, 3.63) is 77.5 Å². The Balaban J connectivity index is 1.75. The lowest BCUT2D eigenvalue weighted by atomic mass is 9.92. The van der Waals surface area contributed by atoms with E-state index >= 15 is 0 Å². The standard InChI is InChI=1S/C23H28N4O/c1-17-10-8-9-13-19(17)27-21(14-20(26-27)23(2,3)4)25-22(28)16-24-15-18-11-6-5-7-12-18/h5-14,24H,15-16H2,1-4H3,(H,25,28). The Morgan fingerprint density at radius 2 is 1.71 bits per heavy atom. The zero-order valence-electron chi connectivity index (χ0n) is 17.0. The first-order valence-corrected chi connectivity index (χ1v) is 9.55. The van der Waals surface area contributed by atoms with Gasteiger partial charge >= 0.3 is 0 Å². The number of para-hydroxylation sites is 1. The molecule has 5 heteroatoms. The maximum atomic E-state index is 12.5. The molecule has 0 atom stereocenters. The predicted molar refractivity (Wildman–Crippen MR) is 114 cm³/mol. The number of carbonyl (C=O) groups excluding carboxylic acids is 1. The van der Waals surface area contributed by atoms with E-state index in [0.717, 1.165) is 22.5 Å². The molecule has 146 valence electrons. The van der Waals surface area contributed by atoms with Crippen LogP contribution in [0.1, 0.15) is 37.6 Å². The van der Waals surface area contributed by atoms with Gasteiger partial charge in [-0.05, 0) is 24.1 Å². The number of nitrogens with one attached hydrogen (secondary N) is 2. The molecule has 0 spiro atoms. The number of nitrogens with zero attached hydrogens (tertiary/aromatic N) is 2. The summed E-state index contributed by atoms with van der Waals surface area (Å²) in [6.07, 6.45) is 0. The molecule has 1 heterocycles. The van der Waals surface area contributed by atoms with Gasteiger partial charge in [0.15, 0.2) is 0 Å². The lowest BCUT2D eigenvalue weighted by molar-refractivity contribution is -0.115. The molecule has 0 aliphatic heterocycles. The zero-order chi connectivity index (χ0) is 20.1. The van der Waals surface area contributed by atoms with E-state index in [9.17, 15) is 4.79 Å². The Morgan fingerprint density at radius 1 is 1.04 bits per heavy atom. The monoisotopic (exact) mass is 376 g/mol. The van der Waals surface area contributed by atoms with E-state index in [-0.39, 0.29) is 17.9 Å². The van der Waals surface area contributed by atoms with Crippen LogP contribution in [-0.2, 0) is 16.8 Å². The molecule has 28 heavy (non-hydrogen) atoms. The van der Waals surface area contributed by atoms with Crippen LogP contribution in [-0.4, -0.2) is 22.2 Å². The van der Waals surface area contributed by atoms with Gasteiger partial charge in [0.2, 0.25) is 5.91 Å². The van der Waals surface area contributed by atoms with Crippen molar-refractivity contribution in [2.75, 3.05) is 11.9 Å². The number of aryl methyl sites for hydroxylation is 1. The van der Waals surface area contributed by atoms with Crippen molar-refractivity contribution in [2.24, 2.45) is 0 Å². The molecule has 0 unspecified atom stereocenters. The summed E-state index contributed by atoms with van der Waals surface area (Å²) in [6.45, 7) is 9.28. The Labute approximate surface area is 166 Å². The highest BCUT2D eigenvalue weighted by Crippen LogP contribution is 2.27. The molecular weight excluding hydrogens is 348 g/mol. The van der Waals surface area contributed by atoms with Gasteiger partial charge in [0.1, 0.15) is 5.82 Å². The van der Waals surface area contributed by atoms with E-state index in [1.165, 1.54) is 0 Å². The molecular formula is C23H28N4O. The minimum atomic E-state index is -0.112. The summed E-state index contributed by atoms with van der Waals surface area (Å²) in [7, 11) is 0. The molecule has 3 rings (SSSR count). The fourth-order valence-corrected chi connectivity index (χ4v) is 2.92. The lowest BCUT2D eigenvalue weighted by Gasteiger charge is -2.14. The summed E-state index contributed by atoms with van der Waals surface area (Å²) in [5, 5.41) is 11.0. The van der Waals surface area contributed by atoms with Gasteiger partial charge in [-0.1, -0.05) is 69.3 Å². The van der Waals surface area contributed by atoms with Crippen molar-refractivity contribution < 1.29 is 4.79 Å². The minimum absolute atomic E-state index is 0.0916. The SMILES string of the molecule is Cc1ccccc1-n1nc(C(C)(C)C)cc1NC(=O)CNCc1ccccc1. The van der Waals surface area contributed by atoms with Crippen LogP contribution < -0.4 is 10.6 Å². The highest BCUT2D eigenvalue weighted by atomic mass is 16.2. The quantitative estimate of drug-likeness (QED) is 0.678. The molecule has 1 aromatic heterocycles. The number of anilines is 1. The van der Waals surface area contributed by atoms with Crippen LogP contribution >= 0.6 is 0 Å². The van der Waals surface area contributed by atoms with Gasteiger partial charge in [-0.25, -0.2) is 4.68 Å². The van der Waals surface area contributed by atoms with Crippen LogP contribution in [0, 0.1) is 6.92 Å². The van der Waals surface area contributed by atoms with Crippen LogP contribution in [0.2, 0.25) is 0 Å². The Kier molecular flexibility index (Phi) is 5.95. The summed E-state index contributed by atoms with van der Waals surface area (Å²) in [4.78, 5) is 12.5. The maximum absolute atomic E-state index is 12.5. The first kappa shape index (κ1) is 19.8. The molecule has 2 N–H and O–H groups in total. The van der Waals surface area contributed by atoms with Crippen LogP contribution in [0.4, 0.5) is 5.82 Å². The molecule has 0 saturated carbocycles. The fraction of sp³-hybridized carbons (Fsp3) is 0.304. The van der Waals surface area contributed by atoms with Crippen molar-refractivity contribution >= 4 is 11.7 Å². The third kappa shape index (κ3) is 4.87. The van der Waals surface area contributed by atoms with E-state index in [2.05, 4.69) is 31.4 Å². The van der Waals surface area contributed by atoms with Crippen molar-refractivity contribution in [1.82, 2.24) is 15.1 Å². The van der Waals surface area contributed by atoms with Crippen molar-refractivity contribution in [3.8, 4) is 5.69 Å². The van der Waals surface area contributed by atoms with Gasteiger partial charge in [-0.3, -0.25) is 4.79 Å². The Morgan fingerprint density at radius 3 is 2.39 bits per heavy atom. The second-order valence-corrected chi connectivity index (χ2v) is 8.00. The average molecular weight is 377 g/mol. The van der Waals surface area contributed by atoms with E-state index in [1.807, 2.05) is 72.3 Å². The van der Waals surface area contributed by atoms with E-state index in [1.54, 1.807) is 0 Å². The second kappa shape index (κ2) is 8.40. The molecule has 0 radical (unpaired) electrons. The van der Waals surface area contributed by atoms with Crippen LogP contribution in [0.3, 0.4) is 0 Å². The Hall–Kier alpha value is -2.92. The van der Waals surface area contributed by atoms with E-state index in [0.29, 0.717) is 12.4 Å². The van der Waals surface area contributed by atoms with Gasteiger partial charge in [0, 0.05) is 18.0 Å². The average Bonchev–Trinajstić information content (AvgIpc) is 3.07. The molecule has 5 nitrogen and oxygen atoms in total. The molecule has 2 aromatic carbocycles. The van der Waals surface area contributed by atoms with E-state index < -0.39 is 0 Å². The third-order valence-electron chi connectivity index (χ3n) is 4.55. The molecule has 0 fully saturated rings. The van der Waals surface area contributed by atoms with Crippen molar-refractivity contribution in [3.63, 3.8) is 0 Å². The van der Waals surface area contributed by atoms with Gasteiger partial charge in [-0.2, -0.15) is 5.10 Å². The van der Waals surface area contributed by atoms with Gasteiger partial charge in [0.05, 0.1) is 17.9 Å². The Bertz CT molecular complexity index is 939. The van der Waals surface area contributed by atoms with Crippen molar-refractivity contribution in [2.45, 2.75) is 39.7 Å². The number of carbonyl (C=O) groups is 1. The molecule has 0 saturated heterocycles. The summed E-state index contributed by atoms with van der Waals surface area (Å²) in [6, 6.07) is 20.0. The van der Waals surface area contributed by atoms with Crippen LogP contribution in [0.5, 0.6) is 0 Å². The highest BCUT2D eigenvalue weighted by Gasteiger charge is 2.21. The topological polar surface area (TPSA) is 59.0 Å². The molecule has 3 aromatic rings. The highest BCUT2D eigenvalue weighted by molar-refractivity contribution is 5.91. The summed E-state index contributed by atoms with van der Waals surface area (Å²) >= 11 is 0. The van der Waals surface area contributed by atoms with Crippen LogP contribution in [0.15, 0.2) is 60.7 Å². The van der Waals surface area contributed by atoms with E-state index in [4.69, 9.17) is 5.10 Å². The minimum Gasteiger partial charge on any atom is -0.309 e. The summed E-state index contributed by atoms with van der Waals surface area (Å²) in [5.41, 5.74) is 4.03. The molecule has 1 amide bonds. The number of amides is 1. The second-order valence-electron chi connectivity index (χ2n) is 8.00. The number of hydrogen-bond donors (Lipinski definition) is 2. The molecule has 0 bridgehead atoms. The van der Waals surface area contributed by atoms with Crippen molar-refractivity contribution in [1.29, 1.82) is 0 Å². The fourth-order valence-electron chi connectivity index (χ4n) is 2.92. The van der Waals surface area contributed by atoms with Gasteiger partial charge in [0.25, 0.3) is 0 Å².